The quantitative estimate of drug-likeness (QED) is 0.395. The van der Waals surface area contributed by atoms with Gasteiger partial charge in [0.1, 0.15) is 0 Å². The van der Waals surface area contributed by atoms with Crippen molar-refractivity contribution in [1.82, 2.24) is 5.12 Å². The molecule has 0 fully saturated rings. The third-order valence-electron chi connectivity index (χ3n) is 3.93. The summed E-state index contributed by atoms with van der Waals surface area (Å²) >= 11 is 0. The molecule has 0 rings (SSSR count). The molecule has 0 aromatic carbocycles. The van der Waals surface area contributed by atoms with E-state index in [1.807, 2.05) is 0 Å². The van der Waals surface area contributed by atoms with Crippen molar-refractivity contribution >= 4 is 0 Å². The molecule has 0 saturated carbocycles. The molecule has 110 valence electrons. The maximum atomic E-state index is 14.6. The Labute approximate surface area is 114 Å². The van der Waals surface area contributed by atoms with Crippen molar-refractivity contribution in [2.75, 3.05) is 6.54 Å². The molecule has 0 aromatic heterocycles. The average molecular weight is 259 g/mol. The summed E-state index contributed by atoms with van der Waals surface area (Å²) < 4.78 is 14.6. The minimum atomic E-state index is -0.171. The third kappa shape index (κ3) is 6.17. The van der Waals surface area contributed by atoms with E-state index in [0.717, 1.165) is 51.4 Å². The molecule has 0 heterocycles. The lowest BCUT2D eigenvalue weighted by atomic mass is 9.82. The van der Waals surface area contributed by atoms with Crippen LogP contribution in [0.5, 0.6) is 0 Å². The first-order valence-corrected chi connectivity index (χ1v) is 8.10. The number of nitrogens with zero attached hydrogens (tertiary/aromatic N) is 1. The van der Waals surface area contributed by atoms with Crippen molar-refractivity contribution in [3.63, 3.8) is 0 Å². The second-order valence-electron chi connectivity index (χ2n) is 5.62. The van der Waals surface area contributed by atoms with Gasteiger partial charge in [-0.15, -0.1) is 9.60 Å². The van der Waals surface area contributed by atoms with Crippen molar-refractivity contribution in [2.45, 2.75) is 97.4 Å². The van der Waals surface area contributed by atoms with Crippen LogP contribution >= 0.6 is 0 Å². The summed E-state index contributed by atoms with van der Waals surface area (Å²) in [6, 6.07) is 0. The summed E-state index contributed by atoms with van der Waals surface area (Å²) in [5.41, 5.74) is -0.171. The van der Waals surface area contributed by atoms with Gasteiger partial charge in [-0.1, -0.05) is 66.2 Å². The molecule has 0 bridgehead atoms. The van der Waals surface area contributed by atoms with Gasteiger partial charge in [-0.05, 0) is 25.7 Å². The van der Waals surface area contributed by atoms with E-state index in [0.29, 0.717) is 6.54 Å². The van der Waals surface area contributed by atoms with Crippen LogP contribution in [0.15, 0.2) is 0 Å². The molecule has 0 amide bonds. The third-order valence-corrected chi connectivity index (χ3v) is 3.93. The standard InChI is InChI=1S/C16H34FN/c1-5-9-13-16(12-8-4,14-10-6-2)18(17)15-11-7-3/h5-15H2,1-4H3. The highest BCUT2D eigenvalue weighted by atomic mass is 19.2. The maximum absolute atomic E-state index is 14.6. The fourth-order valence-electron chi connectivity index (χ4n) is 2.75. The van der Waals surface area contributed by atoms with Crippen molar-refractivity contribution < 1.29 is 4.48 Å². The van der Waals surface area contributed by atoms with Crippen LogP contribution in [0.4, 0.5) is 4.48 Å². The highest BCUT2D eigenvalue weighted by Gasteiger charge is 2.35. The molecule has 0 unspecified atom stereocenters. The van der Waals surface area contributed by atoms with Gasteiger partial charge in [0, 0.05) is 6.54 Å². The topological polar surface area (TPSA) is 3.24 Å². The molecule has 0 aromatic rings. The van der Waals surface area contributed by atoms with E-state index in [4.69, 9.17) is 0 Å². The number of hydrogen-bond donors (Lipinski definition) is 0. The zero-order valence-electron chi connectivity index (χ0n) is 13.1. The highest BCUT2D eigenvalue weighted by Crippen LogP contribution is 2.34. The van der Waals surface area contributed by atoms with E-state index in [-0.39, 0.29) is 5.54 Å². The minimum absolute atomic E-state index is 0.171. The molecule has 0 N–H and O–H groups in total. The Morgan fingerprint density at radius 1 is 0.722 bits per heavy atom. The lowest BCUT2D eigenvalue weighted by Gasteiger charge is -2.39. The van der Waals surface area contributed by atoms with E-state index in [9.17, 15) is 4.48 Å². The SMILES string of the molecule is CCCCN(F)C(CCC)(CCCC)CCCC. The molecule has 0 aliphatic carbocycles. The Bertz CT molecular complexity index is 174. The molecule has 0 aliphatic heterocycles. The molecule has 2 heteroatoms. The van der Waals surface area contributed by atoms with Crippen LogP contribution in [0.3, 0.4) is 0 Å². The zero-order valence-corrected chi connectivity index (χ0v) is 13.1. The second kappa shape index (κ2) is 10.8. The molecule has 18 heavy (non-hydrogen) atoms. The second-order valence-corrected chi connectivity index (χ2v) is 5.62. The number of rotatable bonds is 12. The number of unbranched alkanes of at least 4 members (excludes halogenated alkanes) is 3. The van der Waals surface area contributed by atoms with Gasteiger partial charge in [-0.3, -0.25) is 0 Å². The lowest BCUT2D eigenvalue weighted by Crippen LogP contribution is -2.44. The largest absolute Gasteiger partial charge is 0.140 e. The van der Waals surface area contributed by atoms with Crippen LogP contribution < -0.4 is 0 Å². The molecule has 0 aliphatic rings. The fourth-order valence-corrected chi connectivity index (χ4v) is 2.75. The van der Waals surface area contributed by atoms with Gasteiger partial charge >= 0.3 is 0 Å². The fraction of sp³-hybridized carbons (Fsp3) is 1.00. The van der Waals surface area contributed by atoms with Crippen molar-refractivity contribution in [2.24, 2.45) is 0 Å². The van der Waals surface area contributed by atoms with Crippen molar-refractivity contribution in [1.29, 1.82) is 0 Å². The van der Waals surface area contributed by atoms with Crippen LogP contribution in [0.1, 0.15) is 91.9 Å². The van der Waals surface area contributed by atoms with Crippen LogP contribution in [-0.2, 0) is 0 Å². The number of halogens is 1. The monoisotopic (exact) mass is 259 g/mol. The summed E-state index contributed by atoms with van der Waals surface area (Å²) in [4.78, 5) is 0. The summed E-state index contributed by atoms with van der Waals surface area (Å²) in [5.74, 6) is 0. The van der Waals surface area contributed by atoms with E-state index in [1.54, 1.807) is 0 Å². The average Bonchev–Trinajstić information content (AvgIpc) is 2.39. The van der Waals surface area contributed by atoms with E-state index in [2.05, 4.69) is 27.7 Å². The summed E-state index contributed by atoms with van der Waals surface area (Å²) in [6.07, 6.45) is 10.8. The Balaban J connectivity index is 4.66. The van der Waals surface area contributed by atoms with Crippen LogP contribution in [0.2, 0.25) is 0 Å². The van der Waals surface area contributed by atoms with Crippen LogP contribution in [-0.4, -0.2) is 17.2 Å². The van der Waals surface area contributed by atoms with Gasteiger partial charge in [-0.2, -0.15) is 0 Å². The van der Waals surface area contributed by atoms with Gasteiger partial charge in [0.2, 0.25) is 0 Å². The molecule has 0 atom stereocenters. The first-order valence-electron chi connectivity index (χ1n) is 8.10. The molecule has 0 saturated heterocycles. The molecular weight excluding hydrogens is 225 g/mol. The zero-order chi connectivity index (χ0) is 13.9. The molecule has 0 spiro atoms. The highest BCUT2D eigenvalue weighted by molar-refractivity contribution is 4.86. The normalized spacial score (nSPS) is 12.3. The number of hydrogen-bond acceptors (Lipinski definition) is 1. The first kappa shape index (κ1) is 17.9. The van der Waals surface area contributed by atoms with Gasteiger partial charge in [0.25, 0.3) is 0 Å². The Kier molecular flexibility index (Phi) is 10.7. The van der Waals surface area contributed by atoms with Gasteiger partial charge in [0.05, 0.1) is 5.54 Å². The van der Waals surface area contributed by atoms with Gasteiger partial charge in [0.15, 0.2) is 0 Å². The van der Waals surface area contributed by atoms with Crippen LogP contribution in [0.25, 0.3) is 0 Å². The molecule has 0 radical (unpaired) electrons. The predicted molar refractivity (Wildman–Crippen MR) is 79.4 cm³/mol. The Morgan fingerprint density at radius 2 is 1.22 bits per heavy atom. The molecule has 1 nitrogen and oxygen atoms in total. The predicted octanol–water partition coefficient (Wildman–Crippen LogP) is 5.89. The van der Waals surface area contributed by atoms with Crippen molar-refractivity contribution in [3.8, 4) is 0 Å². The van der Waals surface area contributed by atoms with E-state index < -0.39 is 0 Å². The summed E-state index contributed by atoms with van der Waals surface area (Å²) in [7, 11) is 0. The first-order chi connectivity index (χ1) is 8.66. The lowest BCUT2D eigenvalue weighted by molar-refractivity contribution is -0.101. The Hall–Kier alpha value is -0.110. The van der Waals surface area contributed by atoms with E-state index in [1.165, 1.54) is 18.0 Å². The summed E-state index contributed by atoms with van der Waals surface area (Å²) in [5, 5.41) is 1.20. The molecular formula is C16H34FN. The van der Waals surface area contributed by atoms with Crippen LogP contribution in [0, 0.1) is 0 Å². The Morgan fingerprint density at radius 3 is 1.61 bits per heavy atom. The maximum Gasteiger partial charge on any atom is 0.0512 e. The van der Waals surface area contributed by atoms with Gasteiger partial charge in [-0.25, -0.2) is 0 Å². The van der Waals surface area contributed by atoms with Gasteiger partial charge < -0.3 is 0 Å². The smallest absolute Gasteiger partial charge is 0.0512 e. The van der Waals surface area contributed by atoms with Crippen molar-refractivity contribution in [3.05, 3.63) is 0 Å². The summed E-state index contributed by atoms with van der Waals surface area (Å²) in [6.45, 7) is 9.33. The van der Waals surface area contributed by atoms with E-state index >= 15 is 0 Å². The minimum Gasteiger partial charge on any atom is -0.140 e.